The minimum Gasteiger partial charge on any atom is -0.337 e. The largest absolute Gasteiger partial charge is 0.337 e. The number of hydrogen-bond donors (Lipinski definition) is 2. The molecule has 0 atom stereocenters. The molecule has 1 aliphatic rings. The highest BCUT2D eigenvalue weighted by molar-refractivity contribution is 5.90. The van der Waals surface area contributed by atoms with E-state index in [0.717, 1.165) is 24.1 Å². The van der Waals surface area contributed by atoms with Crippen LogP contribution in [0.3, 0.4) is 0 Å². The number of rotatable bonds is 4. The molecule has 0 aliphatic heterocycles. The van der Waals surface area contributed by atoms with Gasteiger partial charge in [-0.25, -0.2) is 4.79 Å². The van der Waals surface area contributed by atoms with E-state index < -0.39 is 0 Å². The van der Waals surface area contributed by atoms with Crippen LogP contribution in [0.25, 0.3) is 0 Å². The van der Waals surface area contributed by atoms with Crippen molar-refractivity contribution in [3.8, 4) is 0 Å². The SMILES string of the molecule is CC(C)(C)c1ccccc1NC(=O)NCC1(c2ccccc2)CCC1. The molecule has 3 nitrogen and oxygen atoms in total. The topological polar surface area (TPSA) is 41.1 Å². The third-order valence-electron chi connectivity index (χ3n) is 5.27. The van der Waals surface area contributed by atoms with Crippen LogP contribution in [-0.2, 0) is 10.8 Å². The summed E-state index contributed by atoms with van der Waals surface area (Å²) in [7, 11) is 0. The molecule has 1 fully saturated rings. The molecule has 25 heavy (non-hydrogen) atoms. The van der Waals surface area contributed by atoms with Gasteiger partial charge in [-0.3, -0.25) is 0 Å². The molecule has 0 bridgehead atoms. The summed E-state index contributed by atoms with van der Waals surface area (Å²) in [6.45, 7) is 7.15. The number of urea groups is 1. The third-order valence-corrected chi connectivity index (χ3v) is 5.27. The van der Waals surface area contributed by atoms with E-state index in [1.165, 1.54) is 12.0 Å². The summed E-state index contributed by atoms with van der Waals surface area (Å²) in [4.78, 5) is 12.5. The van der Waals surface area contributed by atoms with Gasteiger partial charge in [0.1, 0.15) is 0 Å². The Bertz CT molecular complexity index is 727. The second-order valence-electron chi connectivity index (χ2n) is 8.10. The van der Waals surface area contributed by atoms with E-state index in [9.17, 15) is 4.79 Å². The zero-order valence-corrected chi connectivity index (χ0v) is 15.4. The molecule has 2 amide bonds. The monoisotopic (exact) mass is 336 g/mol. The first-order valence-electron chi connectivity index (χ1n) is 9.11. The number of nitrogens with one attached hydrogen (secondary N) is 2. The quantitative estimate of drug-likeness (QED) is 0.789. The van der Waals surface area contributed by atoms with Crippen LogP contribution in [0.4, 0.5) is 10.5 Å². The summed E-state index contributed by atoms with van der Waals surface area (Å²) in [6, 6.07) is 18.4. The first-order chi connectivity index (χ1) is 11.9. The molecule has 0 radical (unpaired) electrons. The van der Waals surface area contributed by atoms with Gasteiger partial charge in [-0.15, -0.1) is 0 Å². The van der Waals surface area contributed by atoms with Crippen LogP contribution in [0, 0.1) is 0 Å². The van der Waals surface area contributed by atoms with Gasteiger partial charge < -0.3 is 10.6 Å². The van der Waals surface area contributed by atoms with Gasteiger partial charge in [-0.2, -0.15) is 0 Å². The van der Waals surface area contributed by atoms with E-state index in [-0.39, 0.29) is 16.9 Å². The zero-order chi connectivity index (χ0) is 17.9. The molecule has 2 aromatic carbocycles. The summed E-state index contributed by atoms with van der Waals surface area (Å²) in [5.41, 5.74) is 3.45. The maximum atomic E-state index is 12.5. The van der Waals surface area contributed by atoms with E-state index in [0.29, 0.717) is 6.54 Å². The Morgan fingerprint density at radius 1 is 1.00 bits per heavy atom. The van der Waals surface area contributed by atoms with Crippen molar-refractivity contribution in [3.05, 3.63) is 65.7 Å². The van der Waals surface area contributed by atoms with Crippen LogP contribution in [0.2, 0.25) is 0 Å². The van der Waals surface area contributed by atoms with Gasteiger partial charge in [-0.05, 0) is 35.4 Å². The highest BCUT2D eigenvalue weighted by Crippen LogP contribution is 2.43. The Morgan fingerprint density at radius 3 is 2.24 bits per heavy atom. The fourth-order valence-electron chi connectivity index (χ4n) is 3.62. The van der Waals surface area contributed by atoms with Gasteiger partial charge in [0.25, 0.3) is 0 Å². The van der Waals surface area contributed by atoms with Crippen molar-refractivity contribution in [1.29, 1.82) is 0 Å². The molecule has 0 saturated heterocycles. The van der Waals surface area contributed by atoms with Crippen LogP contribution in [0.5, 0.6) is 0 Å². The van der Waals surface area contributed by atoms with Gasteiger partial charge in [0.05, 0.1) is 0 Å². The predicted molar refractivity (Wildman–Crippen MR) is 104 cm³/mol. The Balaban J connectivity index is 1.66. The molecule has 132 valence electrons. The number of carbonyl (C=O) groups is 1. The molecule has 2 aromatic rings. The molecule has 0 aromatic heterocycles. The first kappa shape index (κ1) is 17.5. The Morgan fingerprint density at radius 2 is 1.64 bits per heavy atom. The smallest absolute Gasteiger partial charge is 0.319 e. The molecule has 0 spiro atoms. The summed E-state index contributed by atoms with van der Waals surface area (Å²) in [6.07, 6.45) is 3.50. The number of anilines is 1. The Hall–Kier alpha value is -2.29. The second-order valence-corrected chi connectivity index (χ2v) is 8.10. The molecule has 0 heterocycles. The highest BCUT2D eigenvalue weighted by Gasteiger charge is 2.38. The van der Waals surface area contributed by atoms with Crippen LogP contribution < -0.4 is 10.6 Å². The lowest BCUT2D eigenvalue weighted by Crippen LogP contribution is -2.46. The molecule has 3 heteroatoms. The van der Waals surface area contributed by atoms with Crippen LogP contribution in [-0.4, -0.2) is 12.6 Å². The second kappa shape index (κ2) is 6.91. The van der Waals surface area contributed by atoms with E-state index in [1.54, 1.807) is 0 Å². The van der Waals surface area contributed by atoms with Crippen molar-refractivity contribution >= 4 is 11.7 Å². The number of amides is 2. The van der Waals surface area contributed by atoms with E-state index >= 15 is 0 Å². The maximum Gasteiger partial charge on any atom is 0.319 e. The fraction of sp³-hybridized carbons (Fsp3) is 0.409. The molecular formula is C22H28N2O. The zero-order valence-electron chi connectivity index (χ0n) is 15.4. The normalized spacial score (nSPS) is 16.0. The van der Waals surface area contributed by atoms with Crippen LogP contribution in [0.15, 0.2) is 54.6 Å². The molecule has 1 aliphatic carbocycles. The molecule has 2 N–H and O–H groups in total. The van der Waals surface area contributed by atoms with Crippen molar-refractivity contribution in [2.24, 2.45) is 0 Å². The number of hydrogen-bond acceptors (Lipinski definition) is 1. The number of para-hydroxylation sites is 1. The van der Waals surface area contributed by atoms with Crippen LogP contribution >= 0.6 is 0 Å². The Labute approximate surface area is 150 Å². The van der Waals surface area contributed by atoms with Gasteiger partial charge in [0, 0.05) is 17.6 Å². The summed E-state index contributed by atoms with van der Waals surface area (Å²) in [5.74, 6) is 0. The lowest BCUT2D eigenvalue weighted by molar-refractivity contribution is 0.222. The summed E-state index contributed by atoms with van der Waals surface area (Å²) < 4.78 is 0. The summed E-state index contributed by atoms with van der Waals surface area (Å²) in [5, 5.41) is 6.14. The van der Waals surface area contributed by atoms with Crippen molar-refractivity contribution in [1.82, 2.24) is 5.32 Å². The fourth-order valence-corrected chi connectivity index (χ4v) is 3.62. The first-order valence-corrected chi connectivity index (χ1v) is 9.11. The third kappa shape index (κ3) is 3.87. The minimum atomic E-state index is -0.126. The molecular weight excluding hydrogens is 308 g/mol. The van der Waals surface area contributed by atoms with Gasteiger partial charge in [0.2, 0.25) is 0 Å². The van der Waals surface area contributed by atoms with Gasteiger partial charge >= 0.3 is 6.03 Å². The molecule has 3 rings (SSSR count). The highest BCUT2D eigenvalue weighted by atomic mass is 16.2. The Kier molecular flexibility index (Phi) is 4.85. The average Bonchev–Trinajstić information content (AvgIpc) is 2.54. The number of benzene rings is 2. The van der Waals surface area contributed by atoms with Gasteiger partial charge in [0.15, 0.2) is 0 Å². The van der Waals surface area contributed by atoms with Crippen molar-refractivity contribution in [2.45, 2.75) is 50.9 Å². The van der Waals surface area contributed by atoms with Crippen molar-refractivity contribution in [3.63, 3.8) is 0 Å². The predicted octanol–water partition coefficient (Wildman–Crippen LogP) is 5.23. The average molecular weight is 336 g/mol. The van der Waals surface area contributed by atoms with E-state index in [4.69, 9.17) is 0 Å². The lowest BCUT2D eigenvalue weighted by Gasteiger charge is -2.42. The van der Waals surface area contributed by atoms with Crippen LogP contribution in [0.1, 0.15) is 51.2 Å². The van der Waals surface area contributed by atoms with Crippen molar-refractivity contribution in [2.75, 3.05) is 11.9 Å². The minimum absolute atomic E-state index is 0.0108. The molecule has 0 unspecified atom stereocenters. The van der Waals surface area contributed by atoms with Gasteiger partial charge in [-0.1, -0.05) is 75.7 Å². The van der Waals surface area contributed by atoms with E-state index in [2.05, 4.69) is 61.7 Å². The van der Waals surface area contributed by atoms with E-state index in [1.807, 2.05) is 24.3 Å². The number of carbonyl (C=O) groups excluding carboxylic acids is 1. The molecule has 1 saturated carbocycles. The lowest BCUT2D eigenvalue weighted by atomic mass is 9.64. The standard InChI is InChI=1S/C22H28N2O/c1-21(2,3)18-12-7-8-13-19(18)24-20(25)23-16-22(14-9-15-22)17-10-5-4-6-11-17/h4-8,10-13H,9,14-16H2,1-3H3,(H2,23,24,25). The van der Waals surface area contributed by atoms with Crippen molar-refractivity contribution < 1.29 is 4.79 Å². The summed E-state index contributed by atoms with van der Waals surface area (Å²) >= 11 is 0. The maximum absolute atomic E-state index is 12.5.